The molecule has 1 fully saturated rings. The first-order chi connectivity index (χ1) is 9.72. The van der Waals surface area contributed by atoms with Gasteiger partial charge in [-0.05, 0) is 30.5 Å². The predicted molar refractivity (Wildman–Crippen MR) is 74.7 cm³/mol. The summed E-state index contributed by atoms with van der Waals surface area (Å²) in [5, 5.41) is 0. The van der Waals surface area contributed by atoms with E-state index in [-0.39, 0.29) is 18.7 Å². The van der Waals surface area contributed by atoms with Crippen LogP contribution in [0.25, 0.3) is 0 Å². The van der Waals surface area contributed by atoms with Gasteiger partial charge in [-0.2, -0.15) is 0 Å². The number of rotatable bonds is 2. The SMILES string of the molecule is N[C@@H]1CCCCN(C(=O)Cc2ccc3c(c2)OCO3)C1. The molecule has 1 aromatic rings. The third-order valence-corrected chi connectivity index (χ3v) is 3.85. The Balaban J connectivity index is 1.66. The highest BCUT2D eigenvalue weighted by atomic mass is 16.7. The van der Waals surface area contributed by atoms with E-state index in [9.17, 15) is 4.79 Å². The fourth-order valence-electron chi connectivity index (χ4n) is 2.74. The maximum absolute atomic E-state index is 12.4. The van der Waals surface area contributed by atoms with E-state index < -0.39 is 0 Å². The van der Waals surface area contributed by atoms with Gasteiger partial charge in [-0.15, -0.1) is 0 Å². The first-order valence-corrected chi connectivity index (χ1v) is 7.14. The quantitative estimate of drug-likeness (QED) is 0.884. The maximum Gasteiger partial charge on any atom is 0.231 e. The average Bonchev–Trinajstić information content (AvgIpc) is 2.78. The summed E-state index contributed by atoms with van der Waals surface area (Å²) in [4.78, 5) is 14.3. The minimum absolute atomic E-state index is 0.109. The Bertz CT molecular complexity index is 504. The van der Waals surface area contributed by atoms with Crippen LogP contribution in [0.1, 0.15) is 24.8 Å². The summed E-state index contributed by atoms with van der Waals surface area (Å²) in [6, 6.07) is 5.78. The van der Waals surface area contributed by atoms with Gasteiger partial charge < -0.3 is 20.1 Å². The zero-order valence-corrected chi connectivity index (χ0v) is 11.5. The van der Waals surface area contributed by atoms with Gasteiger partial charge in [-0.1, -0.05) is 12.5 Å². The lowest BCUT2D eigenvalue weighted by Crippen LogP contribution is -2.40. The van der Waals surface area contributed by atoms with Crippen LogP contribution in [0.15, 0.2) is 18.2 Å². The van der Waals surface area contributed by atoms with Crippen molar-refractivity contribution in [3.8, 4) is 11.5 Å². The Morgan fingerprint density at radius 1 is 1.30 bits per heavy atom. The number of hydrogen-bond acceptors (Lipinski definition) is 4. The molecule has 1 aromatic carbocycles. The summed E-state index contributed by atoms with van der Waals surface area (Å²) < 4.78 is 10.6. The molecular formula is C15H20N2O3. The molecule has 5 heteroatoms. The number of hydrogen-bond donors (Lipinski definition) is 1. The van der Waals surface area contributed by atoms with Gasteiger partial charge in [0.1, 0.15) is 0 Å². The lowest BCUT2D eigenvalue weighted by Gasteiger charge is -2.22. The Labute approximate surface area is 118 Å². The van der Waals surface area contributed by atoms with Crippen LogP contribution in [0, 0.1) is 0 Å². The summed E-state index contributed by atoms with van der Waals surface area (Å²) in [5.41, 5.74) is 6.96. The number of benzene rings is 1. The van der Waals surface area contributed by atoms with Crippen LogP contribution < -0.4 is 15.2 Å². The summed E-state index contributed by atoms with van der Waals surface area (Å²) in [6.45, 7) is 1.74. The minimum Gasteiger partial charge on any atom is -0.454 e. The lowest BCUT2D eigenvalue weighted by atomic mass is 10.1. The molecule has 108 valence electrons. The normalized spacial score (nSPS) is 21.6. The van der Waals surface area contributed by atoms with E-state index in [1.807, 2.05) is 23.1 Å². The summed E-state index contributed by atoms with van der Waals surface area (Å²) >= 11 is 0. The number of fused-ring (bicyclic) bond motifs is 1. The largest absolute Gasteiger partial charge is 0.454 e. The number of carbonyl (C=O) groups excluding carboxylic acids is 1. The van der Waals surface area contributed by atoms with Crippen LogP contribution in [0.2, 0.25) is 0 Å². The Morgan fingerprint density at radius 3 is 3.05 bits per heavy atom. The molecule has 5 nitrogen and oxygen atoms in total. The molecule has 0 radical (unpaired) electrons. The number of nitrogens with two attached hydrogens (primary N) is 1. The second kappa shape index (κ2) is 5.71. The number of ether oxygens (including phenoxy) is 2. The van der Waals surface area contributed by atoms with Crippen LogP contribution >= 0.6 is 0 Å². The number of likely N-dealkylation sites (tertiary alicyclic amines) is 1. The maximum atomic E-state index is 12.4. The molecule has 2 aliphatic heterocycles. The van der Waals surface area contributed by atoms with Crippen molar-refractivity contribution >= 4 is 5.91 Å². The van der Waals surface area contributed by atoms with Crippen LogP contribution in [0.3, 0.4) is 0 Å². The number of nitrogens with zero attached hydrogens (tertiary/aromatic N) is 1. The Morgan fingerprint density at radius 2 is 2.15 bits per heavy atom. The van der Waals surface area contributed by atoms with E-state index in [0.29, 0.717) is 13.0 Å². The first-order valence-electron chi connectivity index (χ1n) is 7.14. The van der Waals surface area contributed by atoms with Crippen molar-refractivity contribution in [2.24, 2.45) is 5.73 Å². The van der Waals surface area contributed by atoms with Crippen molar-refractivity contribution in [1.82, 2.24) is 4.90 Å². The third kappa shape index (κ3) is 2.88. The monoisotopic (exact) mass is 276 g/mol. The fourth-order valence-corrected chi connectivity index (χ4v) is 2.74. The molecule has 20 heavy (non-hydrogen) atoms. The molecule has 1 saturated heterocycles. The van der Waals surface area contributed by atoms with Gasteiger partial charge >= 0.3 is 0 Å². The highest BCUT2D eigenvalue weighted by Gasteiger charge is 2.21. The van der Waals surface area contributed by atoms with E-state index >= 15 is 0 Å². The molecule has 2 N–H and O–H groups in total. The standard InChI is InChI=1S/C15H20N2O3/c16-12-3-1-2-6-17(9-12)15(18)8-11-4-5-13-14(7-11)20-10-19-13/h4-5,7,12H,1-3,6,8-10,16H2/t12-/m1/s1. The smallest absolute Gasteiger partial charge is 0.231 e. The van der Waals surface area contributed by atoms with Gasteiger partial charge in [0.25, 0.3) is 0 Å². The molecule has 0 spiro atoms. The average molecular weight is 276 g/mol. The van der Waals surface area contributed by atoms with Crippen LogP contribution in [0.5, 0.6) is 11.5 Å². The minimum atomic E-state index is 0.109. The van der Waals surface area contributed by atoms with E-state index in [2.05, 4.69) is 0 Å². The molecular weight excluding hydrogens is 256 g/mol. The highest BCUT2D eigenvalue weighted by molar-refractivity contribution is 5.79. The summed E-state index contributed by atoms with van der Waals surface area (Å²) in [5.74, 6) is 1.61. The molecule has 1 amide bonds. The number of carbonyl (C=O) groups is 1. The second-order valence-corrected chi connectivity index (χ2v) is 5.46. The van der Waals surface area contributed by atoms with E-state index in [1.165, 1.54) is 0 Å². The van der Waals surface area contributed by atoms with E-state index in [4.69, 9.17) is 15.2 Å². The second-order valence-electron chi connectivity index (χ2n) is 5.46. The molecule has 0 saturated carbocycles. The Hall–Kier alpha value is -1.75. The molecule has 2 aliphatic rings. The molecule has 0 aliphatic carbocycles. The molecule has 0 unspecified atom stereocenters. The molecule has 0 aromatic heterocycles. The van der Waals surface area contributed by atoms with Crippen LogP contribution in [-0.4, -0.2) is 36.7 Å². The Kier molecular flexibility index (Phi) is 3.78. The lowest BCUT2D eigenvalue weighted by molar-refractivity contribution is -0.130. The van der Waals surface area contributed by atoms with Gasteiger partial charge in [0.2, 0.25) is 12.7 Å². The van der Waals surface area contributed by atoms with E-state index in [1.54, 1.807) is 0 Å². The molecule has 1 atom stereocenters. The zero-order valence-electron chi connectivity index (χ0n) is 11.5. The van der Waals surface area contributed by atoms with Crippen molar-refractivity contribution in [3.63, 3.8) is 0 Å². The molecule has 0 bridgehead atoms. The van der Waals surface area contributed by atoms with Crippen molar-refractivity contribution in [1.29, 1.82) is 0 Å². The molecule has 2 heterocycles. The van der Waals surface area contributed by atoms with E-state index in [0.717, 1.165) is 42.9 Å². The van der Waals surface area contributed by atoms with Gasteiger partial charge in [0.15, 0.2) is 11.5 Å². The van der Waals surface area contributed by atoms with Gasteiger partial charge in [0, 0.05) is 19.1 Å². The van der Waals surface area contributed by atoms with Crippen molar-refractivity contribution in [2.45, 2.75) is 31.7 Å². The topological polar surface area (TPSA) is 64.8 Å². The summed E-state index contributed by atoms with van der Waals surface area (Å²) in [7, 11) is 0. The highest BCUT2D eigenvalue weighted by Crippen LogP contribution is 2.32. The van der Waals surface area contributed by atoms with Crippen LogP contribution in [0.4, 0.5) is 0 Å². The van der Waals surface area contributed by atoms with Gasteiger partial charge in [0.05, 0.1) is 6.42 Å². The van der Waals surface area contributed by atoms with Gasteiger partial charge in [-0.25, -0.2) is 0 Å². The van der Waals surface area contributed by atoms with Crippen molar-refractivity contribution in [3.05, 3.63) is 23.8 Å². The number of amides is 1. The van der Waals surface area contributed by atoms with Crippen molar-refractivity contribution < 1.29 is 14.3 Å². The fraction of sp³-hybridized carbons (Fsp3) is 0.533. The van der Waals surface area contributed by atoms with Crippen LogP contribution in [-0.2, 0) is 11.2 Å². The zero-order chi connectivity index (χ0) is 13.9. The van der Waals surface area contributed by atoms with Gasteiger partial charge in [-0.3, -0.25) is 4.79 Å². The van der Waals surface area contributed by atoms with Crippen molar-refractivity contribution in [2.75, 3.05) is 19.9 Å². The predicted octanol–water partition coefficient (Wildman–Crippen LogP) is 1.30. The summed E-state index contributed by atoms with van der Waals surface area (Å²) in [6.07, 6.45) is 3.55. The molecule has 3 rings (SSSR count). The first kappa shape index (κ1) is 13.2. The third-order valence-electron chi connectivity index (χ3n) is 3.85.